The maximum absolute atomic E-state index is 13.7. The first-order chi connectivity index (χ1) is 12.8. The van der Waals surface area contributed by atoms with E-state index in [9.17, 15) is 29.5 Å². The van der Waals surface area contributed by atoms with Gasteiger partial charge in [-0.05, 0) is 17.2 Å². The Morgan fingerprint density at radius 1 is 1.30 bits per heavy atom. The van der Waals surface area contributed by atoms with E-state index in [0.717, 1.165) is 17.7 Å². The predicted octanol–water partition coefficient (Wildman–Crippen LogP) is 1.64. The number of nitrogens with one attached hydrogen (secondary N) is 1. The molecule has 0 saturated heterocycles. The van der Waals surface area contributed by atoms with Gasteiger partial charge in [-0.2, -0.15) is 0 Å². The number of halogens is 1. The number of amides is 1. The molecule has 0 aliphatic rings. The Balaban J connectivity index is 1.92. The van der Waals surface area contributed by atoms with Gasteiger partial charge in [0.05, 0.1) is 4.92 Å². The van der Waals surface area contributed by atoms with E-state index in [1.54, 1.807) is 24.3 Å². The molecule has 0 radical (unpaired) electrons. The SMILES string of the molecule is Nc1c(F)cc(C(O)C(O)CNC(=O)OCc2ccccc2)cc1[N+](=O)[O-]. The zero-order valence-corrected chi connectivity index (χ0v) is 14.0. The fraction of sp³-hybridized carbons (Fsp3) is 0.235. The van der Waals surface area contributed by atoms with Gasteiger partial charge in [0.1, 0.15) is 24.5 Å². The van der Waals surface area contributed by atoms with Crippen LogP contribution in [0.3, 0.4) is 0 Å². The van der Waals surface area contributed by atoms with Crippen LogP contribution in [-0.2, 0) is 11.3 Å². The number of benzene rings is 2. The van der Waals surface area contributed by atoms with E-state index in [0.29, 0.717) is 0 Å². The van der Waals surface area contributed by atoms with Gasteiger partial charge >= 0.3 is 6.09 Å². The molecule has 0 heterocycles. The van der Waals surface area contributed by atoms with Gasteiger partial charge < -0.3 is 26.0 Å². The number of anilines is 1. The van der Waals surface area contributed by atoms with Crippen molar-refractivity contribution in [3.8, 4) is 0 Å². The van der Waals surface area contributed by atoms with E-state index in [-0.39, 0.29) is 12.2 Å². The van der Waals surface area contributed by atoms with Crippen molar-refractivity contribution in [1.82, 2.24) is 5.32 Å². The Labute approximate surface area is 153 Å². The van der Waals surface area contributed by atoms with Gasteiger partial charge in [-0.1, -0.05) is 30.3 Å². The molecule has 5 N–H and O–H groups in total. The van der Waals surface area contributed by atoms with E-state index in [1.165, 1.54) is 0 Å². The number of rotatable bonds is 7. The number of aliphatic hydroxyl groups is 2. The van der Waals surface area contributed by atoms with Gasteiger partial charge in [0.15, 0.2) is 5.82 Å². The molecular formula is C17H18FN3O6. The number of ether oxygens (including phenoxy) is 1. The molecule has 9 nitrogen and oxygen atoms in total. The van der Waals surface area contributed by atoms with Crippen molar-refractivity contribution in [2.75, 3.05) is 12.3 Å². The van der Waals surface area contributed by atoms with Crippen molar-refractivity contribution >= 4 is 17.5 Å². The van der Waals surface area contributed by atoms with Crippen LogP contribution in [0.25, 0.3) is 0 Å². The number of aliphatic hydroxyl groups excluding tert-OH is 2. The van der Waals surface area contributed by atoms with Crippen molar-refractivity contribution < 1.29 is 29.1 Å². The normalized spacial score (nSPS) is 12.9. The highest BCUT2D eigenvalue weighted by Crippen LogP contribution is 2.29. The zero-order chi connectivity index (χ0) is 20.0. The largest absolute Gasteiger partial charge is 0.445 e. The van der Waals surface area contributed by atoms with Crippen molar-refractivity contribution in [2.24, 2.45) is 0 Å². The van der Waals surface area contributed by atoms with Crippen LogP contribution in [0.1, 0.15) is 17.2 Å². The monoisotopic (exact) mass is 379 g/mol. The fourth-order valence-corrected chi connectivity index (χ4v) is 2.24. The number of carbonyl (C=O) groups excluding carboxylic acids is 1. The Kier molecular flexibility index (Phi) is 6.63. The van der Waals surface area contributed by atoms with Gasteiger partial charge in [0.2, 0.25) is 0 Å². The van der Waals surface area contributed by atoms with Crippen LogP contribution in [0.4, 0.5) is 20.6 Å². The molecule has 144 valence electrons. The molecule has 2 aromatic carbocycles. The minimum absolute atomic E-state index is 0.0146. The number of carbonyl (C=O) groups is 1. The lowest BCUT2D eigenvalue weighted by atomic mass is 10.0. The lowest BCUT2D eigenvalue weighted by molar-refractivity contribution is -0.384. The van der Waals surface area contributed by atoms with Crippen molar-refractivity contribution in [2.45, 2.75) is 18.8 Å². The van der Waals surface area contributed by atoms with E-state index < -0.39 is 47.0 Å². The number of hydrogen-bond acceptors (Lipinski definition) is 7. The molecule has 10 heteroatoms. The number of nitro groups is 1. The van der Waals surface area contributed by atoms with Crippen LogP contribution in [0.2, 0.25) is 0 Å². The summed E-state index contributed by atoms with van der Waals surface area (Å²) < 4.78 is 18.6. The Morgan fingerprint density at radius 2 is 1.96 bits per heavy atom. The number of alkyl carbamates (subject to hydrolysis) is 1. The summed E-state index contributed by atoms with van der Waals surface area (Å²) in [4.78, 5) is 21.6. The second kappa shape index (κ2) is 8.92. The molecule has 2 rings (SSSR count). The first-order valence-corrected chi connectivity index (χ1v) is 7.83. The molecule has 0 aliphatic heterocycles. The Hall–Kier alpha value is -3.24. The summed E-state index contributed by atoms with van der Waals surface area (Å²) >= 11 is 0. The topological polar surface area (TPSA) is 148 Å². The van der Waals surface area contributed by atoms with Gasteiger partial charge in [-0.3, -0.25) is 10.1 Å². The number of nitrogens with zero attached hydrogens (tertiary/aromatic N) is 1. The second-order valence-corrected chi connectivity index (χ2v) is 5.65. The summed E-state index contributed by atoms with van der Waals surface area (Å²) in [5.41, 5.74) is 4.38. The molecule has 0 aliphatic carbocycles. The molecule has 0 saturated carbocycles. The van der Waals surface area contributed by atoms with E-state index in [2.05, 4.69) is 5.32 Å². The fourth-order valence-electron chi connectivity index (χ4n) is 2.24. The maximum atomic E-state index is 13.7. The Bertz CT molecular complexity index is 818. The van der Waals surface area contributed by atoms with E-state index in [1.807, 2.05) is 6.07 Å². The van der Waals surface area contributed by atoms with Crippen molar-refractivity contribution in [1.29, 1.82) is 0 Å². The highest BCUT2D eigenvalue weighted by atomic mass is 19.1. The number of nitro benzene ring substituents is 1. The molecule has 0 spiro atoms. The van der Waals surface area contributed by atoms with Gasteiger partial charge in [-0.25, -0.2) is 9.18 Å². The summed E-state index contributed by atoms with van der Waals surface area (Å²) in [6.07, 6.45) is -4.08. The summed E-state index contributed by atoms with van der Waals surface area (Å²) in [5, 5.41) is 33.1. The van der Waals surface area contributed by atoms with Crippen LogP contribution in [-0.4, -0.2) is 33.9 Å². The molecule has 0 bridgehead atoms. The summed E-state index contributed by atoms with van der Waals surface area (Å²) in [5.74, 6) is -1.10. The molecule has 2 atom stereocenters. The predicted molar refractivity (Wildman–Crippen MR) is 93.1 cm³/mol. The van der Waals surface area contributed by atoms with Gasteiger partial charge in [-0.15, -0.1) is 0 Å². The molecule has 1 amide bonds. The van der Waals surface area contributed by atoms with Crippen LogP contribution in [0, 0.1) is 15.9 Å². The third kappa shape index (κ3) is 5.36. The molecular weight excluding hydrogens is 361 g/mol. The van der Waals surface area contributed by atoms with Crippen LogP contribution in [0.15, 0.2) is 42.5 Å². The smallest absolute Gasteiger partial charge is 0.407 e. The highest BCUT2D eigenvalue weighted by molar-refractivity contribution is 5.67. The summed E-state index contributed by atoms with van der Waals surface area (Å²) in [6, 6.07) is 10.5. The average Bonchev–Trinajstić information content (AvgIpc) is 2.66. The highest BCUT2D eigenvalue weighted by Gasteiger charge is 2.25. The van der Waals surface area contributed by atoms with Crippen molar-refractivity contribution in [3.63, 3.8) is 0 Å². The van der Waals surface area contributed by atoms with Crippen LogP contribution in [0.5, 0.6) is 0 Å². The van der Waals surface area contributed by atoms with Crippen LogP contribution < -0.4 is 11.1 Å². The van der Waals surface area contributed by atoms with Gasteiger partial charge in [0.25, 0.3) is 5.69 Å². The lowest BCUT2D eigenvalue weighted by Crippen LogP contribution is -2.35. The average molecular weight is 379 g/mol. The summed E-state index contributed by atoms with van der Waals surface area (Å²) in [6.45, 7) is -0.407. The molecule has 0 fully saturated rings. The first-order valence-electron chi connectivity index (χ1n) is 7.83. The zero-order valence-electron chi connectivity index (χ0n) is 14.0. The molecule has 27 heavy (non-hydrogen) atoms. The molecule has 2 aromatic rings. The minimum Gasteiger partial charge on any atom is -0.445 e. The minimum atomic E-state index is -1.69. The van der Waals surface area contributed by atoms with Gasteiger partial charge in [0, 0.05) is 12.6 Å². The Morgan fingerprint density at radius 3 is 2.59 bits per heavy atom. The number of hydrogen-bond donors (Lipinski definition) is 4. The van der Waals surface area contributed by atoms with E-state index >= 15 is 0 Å². The number of nitrogen functional groups attached to an aromatic ring is 1. The number of nitrogens with two attached hydrogens (primary N) is 1. The third-order valence-corrected chi connectivity index (χ3v) is 3.70. The van der Waals surface area contributed by atoms with E-state index in [4.69, 9.17) is 10.5 Å². The van der Waals surface area contributed by atoms with Crippen molar-refractivity contribution in [3.05, 3.63) is 69.5 Å². The second-order valence-electron chi connectivity index (χ2n) is 5.65. The van der Waals surface area contributed by atoms with Crippen LogP contribution >= 0.6 is 0 Å². The molecule has 2 unspecified atom stereocenters. The lowest BCUT2D eigenvalue weighted by Gasteiger charge is -2.19. The first kappa shape index (κ1) is 20.1. The quantitative estimate of drug-likeness (QED) is 0.325. The maximum Gasteiger partial charge on any atom is 0.407 e. The summed E-state index contributed by atoms with van der Waals surface area (Å²) in [7, 11) is 0. The third-order valence-electron chi connectivity index (χ3n) is 3.70. The standard InChI is InChI=1S/C17H18FN3O6/c18-12-6-11(7-13(15(12)19)21(25)26)16(23)14(22)8-20-17(24)27-9-10-4-2-1-3-5-10/h1-7,14,16,22-23H,8-9,19H2,(H,20,24). The molecule has 0 aromatic heterocycles.